The third-order valence-electron chi connectivity index (χ3n) is 4.67. The lowest BCUT2D eigenvalue weighted by Gasteiger charge is -2.55. The van der Waals surface area contributed by atoms with Crippen LogP contribution in [0.4, 0.5) is 0 Å². The summed E-state index contributed by atoms with van der Waals surface area (Å²) in [5.41, 5.74) is 0.0104. The summed E-state index contributed by atoms with van der Waals surface area (Å²) in [5, 5.41) is 1.41. The molecule has 1 nitrogen and oxygen atoms in total. The van der Waals surface area contributed by atoms with E-state index in [0.29, 0.717) is 0 Å². The Balaban J connectivity index is 1.94. The third kappa shape index (κ3) is 1.13. The van der Waals surface area contributed by atoms with Gasteiger partial charge in [0.2, 0.25) is 0 Å². The van der Waals surface area contributed by atoms with Crippen LogP contribution in [0, 0.1) is 23.2 Å². The Hall–Kier alpha value is -0.240. The molecule has 0 amide bonds. The van der Waals surface area contributed by atoms with Gasteiger partial charge in [0.15, 0.2) is 5.78 Å². The average Bonchev–Trinajstić information content (AvgIpc) is 2.14. The van der Waals surface area contributed by atoms with Crippen LogP contribution in [0.1, 0.15) is 38.5 Å². The summed E-state index contributed by atoms with van der Waals surface area (Å²) < 4.78 is 0. The maximum absolute atomic E-state index is 11.9. The molecule has 0 aromatic rings. The SMILES string of the molecule is O=C(C=S)C12CC3CC(CC(C3)C1)C2. The van der Waals surface area contributed by atoms with E-state index in [4.69, 9.17) is 12.2 Å². The first-order chi connectivity index (χ1) is 6.72. The molecule has 0 aromatic heterocycles. The predicted molar refractivity (Wildman–Crippen MR) is 59.3 cm³/mol. The zero-order valence-electron chi connectivity index (χ0n) is 8.37. The first kappa shape index (κ1) is 9.02. The van der Waals surface area contributed by atoms with E-state index >= 15 is 0 Å². The number of Topliss-reactive ketones (excluding diaryl/α,β-unsaturated/α-hetero) is 1. The Morgan fingerprint density at radius 2 is 1.50 bits per heavy atom. The van der Waals surface area contributed by atoms with Gasteiger partial charge in [0.05, 0.1) is 0 Å². The van der Waals surface area contributed by atoms with Crippen LogP contribution in [-0.4, -0.2) is 11.2 Å². The number of thiocarbonyl (C=S) groups is 1. The number of ketones is 1. The van der Waals surface area contributed by atoms with Gasteiger partial charge in [-0.2, -0.15) is 0 Å². The summed E-state index contributed by atoms with van der Waals surface area (Å²) >= 11 is 4.84. The first-order valence-electron chi connectivity index (χ1n) is 5.71. The molecule has 0 heterocycles. The number of hydrogen-bond acceptors (Lipinski definition) is 2. The van der Waals surface area contributed by atoms with E-state index < -0.39 is 0 Å². The average molecular weight is 208 g/mol. The highest BCUT2D eigenvalue weighted by atomic mass is 32.1. The molecular formula is C12H16OS. The molecule has 4 saturated carbocycles. The molecular weight excluding hydrogens is 192 g/mol. The molecule has 4 aliphatic rings. The Morgan fingerprint density at radius 3 is 1.86 bits per heavy atom. The Kier molecular flexibility index (Phi) is 1.85. The molecule has 14 heavy (non-hydrogen) atoms. The van der Waals surface area contributed by atoms with Crippen molar-refractivity contribution >= 4 is 23.4 Å². The maximum Gasteiger partial charge on any atom is 0.172 e. The van der Waals surface area contributed by atoms with Gasteiger partial charge in [-0.15, -0.1) is 0 Å². The second-order valence-electron chi connectivity index (χ2n) is 5.68. The van der Waals surface area contributed by atoms with E-state index in [1.54, 1.807) is 0 Å². The summed E-state index contributed by atoms with van der Waals surface area (Å²) in [5.74, 6) is 2.81. The largest absolute Gasteiger partial charge is 0.293 e. The summed E-state index contributed by atoms with van der Waals surface area (Å²) in [6, 6.07) is 0. The van der Waals surface area contributed by atoms with Gasteiger partial charge in [-0.05, 0) is 56.3 Å². The van der Waals surface area contributed by atoms with E-state index in [2.05, 4.69) is 0 Å². The summed E-state index contributed by atoms with van der Waals surface area (Å²) in [6.07, 6.45) is 7.61. The molecule has 2 heteroatoms. The molecule has 0 N–H and O–H groups in total. The van der Waals surface area contributed by atoms with Crippen molar-refractivity contribution in [3.8, 4) is 0 Å². The van der Waals surface area contributed by atoms with Crippen molar-refractivity contribution in [1.82, 2.24) is 0 Å². The Bertz CT molecular complexity index is 259. The van der Waals surface area contributed by atoms with Gasteiger partial charge in [0, 0.05) is 10.8 Å². The number of rotatable bonds is 2. The third-order valence-corrected chi connectivity index (χ3v) is 4.88. The van der Waals surface area contributed by atoms with Crippen LogP contribution in [0.2, 0.25) is 0 Å². The van der Waals surface area contributed by atoms with Crippen molar-refractivity contribution in [2.24, 2.45) is 23.2 Å². The quantitative estimate of drug-likeness (QED) is 0.649. The molecule has 0 unspecified atom stereocenters. The van der Waals surface area contributed by atoms with Gasteiger partial charge < -0.3 is 0 Å². The molecule has 4 bridgehead atoms. The zero-order chi connectivity index (χ0) is 9.76. The maximum atomic E-state index is 11.9. The minimum Gasteiger partial charge on any atom is -0.293 e. The van der Waals surface area contributed by atoms with Crippen molar-refractivity contribution in [1.29, 1.82) is 0 Å². The molecule has 0 aliphatic heterocycles. The molecule has 4 aliphatic carbocycles. The van der Waals surface area contributed by atoms with Crippen LogP contribution in [0.25, 0.3) is 0 Å². The van der Waals surface area contributed by atoms with Crippen LogP contribution in [0.5, 0.6) is 0 Å². The summed E-state index contributed by atoms with van der Waals surface area (Å²) in [6.45, 7) is 0. The van der Waals surface area contributed by atoms with Gasteiger partial charge in [-0.3, -0.25) is 4.79 Å². The fraction of sp³-hybridized carbons (Fsp3) is 0.833. The van der Waals surface area contributed by atoms with Crippen LogP contribution in [-0.2, 0) is 4.79 Å². The van der Waals surface area contributed by atoms with Crippen molar-refractivity contribution in [2.75, 3.05) is 0 Å². The number of carbonyl (C=O) groups is 1. The Morgan fingerprint density at radius 1 is 1.07 bits per heavy atom. The molecule has 0 aromatic carbocycles. The normalized spacial score (nSPS) is 49.3. The van der Waals surface area contributed by atoms with E-state index in [1.165, 1.54) is 24.6 Å². The molecule has 4 rings (SSSR count). The summed E-state index contributed by atoms with van der Waals surface area (Å²) in [4.78, 5) is 11.9. The monoisotopic (exact) mass is 208 g/mol. The highest BCUT2D eigenvalue weighted by Gasteiger charge is 2.53. The van der Waals surface area contributed by atoms with E-state index in [-0.39, 0.29) is 11.2 Å². The smallest absolute Gasteiger partial charge is 0.172 e. The molecule has 0 saturated heterocycles. The highest BCUT2D eigenvalue weighted by molar-refractivity contribution is 7.80. The highest BCUT2D eigenvalue weighted by Crippen LogP contribution is 2.60. The van der Waals surface area contributed by atoms with Crippen molar-refractivity contribution < 1.29 is 4.79 Å². The van der Waals surface area contributed by atoms with Crippen LogP contribution < -0.4 is 0 Å². The van der Waals surface area contributed by atoms with Crippen LogP contribution in [0.15, 0.2) is 0 Å². The van der Waals surface area contributed by atoms with Gasteiger partial charge >= 0.3 is 0 Å². The fourth-order valence-electron chi connectivity index (χ4n) is 4.54. The minimum absolute atomic E-state index is 0.0104. The summed E-state index contributed by atoms with van der Waals surface area (Å²) in [7, 11) is 0. The van der Waals surface area contributed by atoms with Gasteiger partial charge in [-0.1, -0.05) is 12.2 Å². The van der Waals surface area contributed by atoms with Gasteiger partial charge in [0.1, 0.15) is 0 Å². The van der Waals surface area contributed by atoms with E-state index in [1.807, 2.05) is 0 Å². The molecule has 0 atom stereocenters. The van der Waals surface area contributed by atoms with Crippen LogP contribution >= 0.6 is 12.2 Å². The van der Waals surface area contributed by atoms with Gasteiger partial charge in [0.25, 0.3) is 0 Å². The number of carbonyl (C=O) groups excluding carboxylic acids is 1. The first-order valence-corrected chi connectivity index (χ1v) is 6.18. The second kappa shape index (κ2) is 2.88. The molecule has 0 spiro atoms. The molecule has 76 valence electrons. The van der Waals surface area contributed by atoms with Crippen LogP contribution in [0.3, 0.4) is 0 Å². The fourth-order valence-corrected chi connectivity index (χ4v) is 4.79. The zero-order valence-corrected chi connectivity index (χ0v) is 9.19. The molecule has 0 radical (unpaired) electrons. The lowest BCUT2D eigenvalue weighted by atomic mass is 9.48. The minimum atomic E-state index is 0.0104. The van der Waals surface area contributed by atoms with E-state index in [9.17, 15) is 4.79 Å². The lowest BCUT2D eigenvalue weighted by molar-refractivity contribution is -0.135. The van der Waals surface area contributed by atoms with E-state index in [0.717, 1.165) is 37.0 Å². The Labute approximate surface area is 90.3 Å². The van der Waals surface area contributed by atoms with Crippen molar-refractivity contribution in [2.45, 2.75) is 38.5 Å². The van der Waals surface area contributed by atoms with Gasteiger partial charge in [-0.25, -0.2) is 0 Å². The predicted octanol–water partition coefficient (Wildman–Crippen LogP) is 2.77. The lowest BCUT2D eigenvalue weighted by Crippen LogP contribution is -2.50. The van der Waals surface area contributed by atoms with Crippen molar-refractivity contribution in [3.05, 3.63) is 0 Å². The molecule has 4 fully saturated rings. The topological polar surface area (TPSA) is 17.1 Å². The van der Waals surface area contributed by atoms with Crippen molar-refractivity contribution in [3.63, 3.8) is 0 Å². The second-order valence-corrected chi connectivity index (χ2v) is 5.92. The standard InChI is InChI=1S/C12H16OS/c13-11(7-14)12-4-8-1-9(5-12)3-10(2-8)6-12/h7-10H,1-6H2. The number of hydrogen-bond donors (Lipinski definition) is 0.